The fourth-order valence-electron chi connectivity index (χ4n) is 1.78. The lowest BCUT2D eigenvalue weighted by Crippen LogP contribution is -2.45. The van der Waals surface area contributed by atoms with E-state index in [0.717, 1.165) is 11.3 Å². The molecule has 0 fully saturated rings. The van der Waals surface area contributed by atoms with Gasteiger partial charge in [-0.2, -0.15) is 0 Å². The Balaban J connectivity index is 2.75. The Morgan fingerprint density at radius 1 is 1.35 bits per heavy atom. The Bertz CT molecular complexity index is 626. The molecule has 0 saturated heterocycles. The highest BCUT2D eigenvalue weighted by Crippen LogP contribution is 2.20. The summed E-state index contributed by atoms with van der Waals surface area (Å²) < 4.78 is 0. The van der Waals surface area contributed by atoms with Crippen LogP contribution >= 0.6 is 23.8 Å². The predicted octanol–water partition coefficient (Wildman–Crippen LogP) is 3.39. The molecule has 1 aromatic rings. The number of carbonyl (C=O) groups excluding carboxylic acids is 1. The lowest BCUT2D eigenvalue weighted by molar-refractivity contribution is -0.141. The molecule has 0 saturated carbocycles. The molecule has 1 aromatic carbocycles. The number of rotatable bonds is 5. The standard InChI is InChI=1S/C16H21ClN2O3S/c1-9-7-10(17)5-6-11(9)18-15(23)19-12(14(21)22)8-13(20)16(2,3)4/h5-7,12H,8H2,1-4H3,(H,21,22)(H2,18,19,23). The van der Waals surface area contributed by atoms with Crippen LogP contribution in [0.15, 0.2) is 18.2 Å². The second kappa shape index (κ2) is 7.75. The van der Waals surface area contributed by atoms with Crippen LogP contribution in [0.4, 0.5) is 5.69 Å². The van der Waals surface area contributed by atoms with Gasteiger partial charge < -0.3 is 15.7 Å². The van der Waals surface area contributed by atoms with Gasteiger partial charge in [-0.3, -0.25) is 4.79 Å². The highest BCUT2D eigenvalue weighted by Gasteiger charge is 2.28. The van der Waals surface area contributed by atoms with Crippen LogP contribution in [-0.4, -0.2) is 28.0 Å². The summed E-state index contributed by atoms with van der Waals surface area (Å²) in [5.74, 6) is -1.28. The smallest absolute Gasteiger partial charge is 0.326 e. The molecule has 3 N–H and O–H groups in total. The first-order valence-corrected chi connectivity index (χ1v) is 7.89. The van der Waals surface area contributed by atoms with Crippen molar-refractivity contribution in [1.82, 2.24) is 5.32 Å². The Morgan fingerprint density at radius 2 is 1.96 bits per heavy atom. The molecule has 126 valence electrons. The summed E-state index contributed by atoms with van der Waals surface area (Å²) in [6, 6.07) is 4.15. The van der Waals surface area contributed by atoms with Gasteiger partial charge >= 0.3 is 5.97 Å². The SMILES string of the molecule is Cc1cc(Cl)ccc1NC(=S)NC(CC(=O)C(C)(C)C)C(=O)O. The molecule has 23 heavy (non-hydrogen) atoms. The molecule has 0 aliphatic carbocycles. The van der Waals surface area contributed by atoms with Crippen molar-refractivity contribution in [3.05, 3.63) is 28.8 Å². The summed E-state index contributed by atoms with van der Waals surface area (Å²) in [5.41, 5.74) is 0.995. The van der Waals surface area contributed by atoms with Crippen LogP contribution in [0.25, 0.3) is 0 Å². The van der Waals surface area contributed by atoms with Crippen LogP contribution in [0, 0.1) is 12.3 Å². The first-order valence-electron chi connectivity index (χ1n) is 7.10. The molecule has 0 aromatic heterocycles. The zero-order valence-corrected chi connectivity index (χ0v) is 15.1. The number of ketones is 1. The third-order valence-corrected chi connectivity index (χ3v) is 3.72. The predicted molar refractivity (Wildman–Crippen MR) is 96.0 cm³/mol. The molecule has 0 heterocycles. The zero-order chi connectivity index (χ0) is 17.8. The largest absolute Gasteiger partial charge is 0.480 e. The van der Waals surface area contributed by atoms with Crippen molar-refractivity contribution in [3.63, 3.8) is 0 Å². The van der Waals surface area contributed by atoms with Crippen molar-refractivity contribution in [3.8, 4) is 0 Å². The van der Waals surface area contributed by atoms with E-state index < -0.39 is 17.4 Å². The number of carbonyl (C=O) groups is 2. The molecule has 0 spiro atoms. The van der Waals surface area contributed by atoms with E-state index in [1.54, 1.807) is 39.0 Å². The van der Waals surface area contributed by atoms with Crippen LogP contribution in [0.2, 0.25) is 5.02 Å². The fourth-order valence-corrected chi connectivity index (χ4v) is 2.25. The van der Waals surface area contributed by atoms with Gasteiger partial charge in [0.05, 0.1) is 0 Å². The van der Waals surface area contributed by atoms with E-state index in [2.05, 4.69) is 10.6 Å². The summed E-state index contributed by atoms with van der Waals surface area (Å²) in [7, 11) is 0. The first-order chi connectivity index (χ1) is 10.5. The maximum absolute atomic E-state index is 12.0. The molecule has 0 aliphatic heterocycles. The summed E-state index contributed by atoms with van der Waals surface area (Å²) in [6.45, 7) is 7.11. The van der Waals surface area contributed by atoms with Crippen molar-refractivity contribution in [2.75, 3.05) is 5.32 Å². The van der Waals surface area contributed by atoms with E-state index >= 15 is 0 Å². The van der Waals surface area contributed by atoms with Gasteiger partial charge in [0.1, 0.15) is 11.8 Å². The maximum atomic E-state index is 12.0. The van der Waals surface area contributed by atoms with Crippen molar-refractivity contribution in [2.24, 2.45) is 5.41 Å². The number of hydrogen-bond donors (Lipinski definition) is 3. The Kier molecular flexibility index (Phi) is 6.53. The topological polar surface area (TPSA) is 78.4 Å². The molecule has 0 amide bonds. The van der Waals surface area contributed by atoms with Gasteiger partial charge in [-0.1, -0.05) is 32.4 Å². The second-order valence-electron chi connectivity index (χ2n) is 6.33. The van der Waals surface area contributed by atoms with E-state index in [-0.39, 0.29) is 17.3 Å². The lowest BCUT2D eigenvalue weighted by atomic mass is 9.87. The Hall–Kier alpha value is -1.66. The number of nitrogens with one attached hydrogen (secondary N) is 2. The highest BCUT2D eigenvalue weighted by atomic mass is 35.5. The van der Waals surface area contributed by atoms with Crippen LogP contribution in [0.5, 0.6) is 0 Å². The number of anilines is 1. The Morgan fingerprint density at radius 3 is 2.43 bits per heavy atom. The van der Waals surface area contributed by atoms with Gasteiger partial charge in [0, 0.05) is 22.5 Å². The summed E-state index contributed by atoms with van der Waals surface area (Å²) in [6.07, 6.45) is -0.139. The fraction of sp³-hybridized carbons (Fsp3) is 0.438. The molecular formula is C16H21ClN2O3S. The number of halogens is 1. The highest BCUT2D eigenvalue weighted by molar-refractivity contribution is 7.80. The monoisotopic (exact) mass is 356 g/mol. The van der Waals surface area contributed by atoms with Crippen molar-refractivity contribution in [1.29, 1.82) is 0 Å². The average Bonchev–Trinajstić information content (AvgIpc) is 2.40. The van der Waals surface area contributed by atoms with Crippen LogP contribution < -0.4 is 10.6 Å². The van der Waals surface area contributed by atoms with Crippen molar-refractivity contribution in [2.45, 2.75) is 40.2 Å². The zero-order valence-electron chi connectivity index (χ0n) is 13.6. The number of benzene rings is 1. The van der Waals surface area contributed by atoms with Gasteiger partial charge in [0.15, 0.2) is 5.11 Å². The molecule has 1 atom stereocenters. The van der Waals surface area contributed by atoms with E-state index in [1.165, 1.54) is 0 Å². The van der Waals surface area contributed by atoms with Crippen LogP contribution in [-0.2, 0) is 9.59 Å². The molecule has 0 aliphatic rings. The third kappa shape index (κ3) is 6.15. The minimum atomic E-state index is -1.13. The number of aliphatic carboxylic acids is 1. The van der Waals surface area contributed by atoms with E-state index in [9.17, 15) is 14.7 Å². The number of carboxylic acid groups (broad SMARTS) is 1. The minimum absolute atomic E-state index is 0.139. The third-order valence-electron chi connectivity index (χ3n) is 3.27. The van der Waals surface area contributed by atoms with Gasteiger partial charge in [-0.15, -0.1) is 0 Å². The average molecular weight is 357 g/mol. The first kappa shape index (κ1) is 19.4. The van der Waals surface area contributed by atoms with Crippen LogP contribution in [0.3, 0.4) is 0 Å². The summed E-state index contributed by atoms with van der Waals surface area (Å²) in [5, 5.41) is 15.6. The van der Waals surface area contributed by atoms with Crippen molar-refractivity contribution < 1.29 is 14.7 Å². The molecule has 0 bridgehead atoms. The molecular weight excluding hydrogens is 336 g/mol. The lowest BCUT2D eigenvalue weighted by Gasteiger charge is -2.22. The normalized spacial score (nSPS) is 12.4. The van der Waals surface area contributed by atoms with Gasteiger partial charge in [-0.25, -0.2) is 4.79 Å². The summed E-state index contributed by atoms with van der Waals surface area (Å²) in [4.78, 5) is 23.4. The second-order valence-corrected chi connectivity index (χ2v) is 7.17. The van der Waals surface area contributed by atoms with Gasteiger partial charge in [0.25, 0.3) is 0 Å². The molecule has 1 unspecified atom stereocenters. The number of thiocarbonyl (C=S) groups is 1. The number of Topliss-reactive ketones (excluding diaryl/α,β-unsaturated/α-hetero) is 1. The molecule has 7 heteroatoms. The number of aryl methyl sites for hydroxylation is 1. The van der Waals surface area contributed by atoms with Crippen LogP contribution in [0.1, 0.15) is 32.8 Å². The molecule has 1 rings (SSSR count). The van der Waals surface area contributed by atoms with Crippen molar-refractivity contribution >= 4 is 46.4 Å². The van der Waals surface area contributed by atoms with E-state index in [4.69, 9.17) is 23.8 Å². The maximum Gasteiger partial charge on any atom is 0.326 e. The van der Waals surface area contributed by atoms with Gasteiger partial charge in [0.2, 0.25) is 0 Å². The minimum Gasteiger partial charge on any atom is -0.480 e. The molecule has 0 radical (unpaired) electrons. The number of hydrogen-bond acceptors (Lipinski definition) is 3. The van der Waals surface area contributed by atoms with E-state index in [0.29, 0.717) is 5.02 Å². The Labute approximate surface area is 146 Å². The van der Waals surface area contributed by atoms with E-state index in [1.807, 2.05) is 6.92 Å². The molecule has 5 nitrogen and oxygen atoms in total. The number of carboxylic acids is 1. The summed E-state index contributed by atoms with van der Waals surface area (Å²) >= 11 is 11.0. The quantitative estimate of drug-likeness (QED) is 0.702. The van der Waals surface area contributed by atoms with Gasteiger partial charge in [-0.05, 0) is 42.9 Å².